The molecule has 3 rings (SSSR count). The van der Waals surface area contributed by atoms with Crippen molar-refractivity contribution in [2.45, 2.75) is 31.2 Å². The quantitative estimate of drug-likeness (QED) is 0.592. The van der Waals surface area contributed by atoms with Gasteiger partial charge in [-0.1, -0.05) is 45.4 Å². The Hall–Kier alpha value is -2.12. The molecular weight excluding hydrogens is 412 g/mol. The fraction of sp³-hybridized carbons (Fsp3) is 0.211. The molecule has 0 aliphatic carbocycles. The van der Waals surface area contributed by atoms with E-state index in [-0.39, 0.29) is 11.2 Å². The lowest BCUT2D eigenvalue weighted by Gasteiger charge is -2.13. The number of hydrogen-bond acceptors (Lipinski definition) is 4. The number of thioether (sulfide) groups is 1. The molecule has 134 valence electrons. The molecule has 0 aliphatic rings. The van der Waals surface area contributed by atoms with Gasteiger partial charge in [0.1, 0.15) is 5.82 Å². The first-order valence-electron chi connectivity index (χ1n) is 8.16. The Morgan fingerprint density at radius 2 is 1.73 bits per heavy atom. The summed E-state index contributed by atoms with van der Waals surface area (Å²) < 4.78 is 2.94. The first-order chi connectivity index (χ1) is 12.4. The van der Waals surface area contributed by atoms with Gasteiger partial charge >= 0.3 is 0 Å². The molecule has 7 heteroatoms. The van der Waals surface area contributed by atoms with Crippen LogP contribution in [0, 0.1) is 13.8 Å². The number of amides is 1. The molecule has 1 aromatic heterocycles. The SMILES string of the molecule is Cc1ccc(-n2c(C)nnc2SC(C)C(=O)Nc2ccc(Br)cc2)cc1. The molecule has 0 saturated heterocycles. The maximum absolute atomic E-state index is 12.5. The predicted octanol–water partition coefficient (Wildman–Crippen LogP) is 4.77. The summed E-state index contributed by atoms with van der Waals surface area (Å²) in [5.74, 6) is 0.713. The van der Waals surface area contributed by atoms with E-state index in [1.807, 2.05) is 73.9 Å². The van der Waals surface area contributed by atoms with E-state index < -0.39 is 0 Å². The fourth-order valence-electron chi connectivity index (χ4n) is 2.40. The van der Waals surface area contributed by atoms with Crippen molar-refractivity contribution in [2.24, 2.45) is 0 Å². The van der Waals surface area contributed by atoms with Crippen LogP contribution in [0.1, 0.15) is 18.3 Å². The number of aromatic nitrogens is 3. The van der Waals surface area contributed by atoms with Gasteiger partial charge in [0.2, 0.25) is 5.91 Å². The number of anilines is 1. The molecule has 2 aromatic carbocycles. The second-order valence-corrected chi connectivity index (χ2v) is 8.18. The summed E-state index contributed by atoms with van der Waals surface area (Å²) in [7, 11) is 0. The molecule has 5 nitrogen and oxygen atoms in total. The molecule has 0 spiro atoms. The minimum absolute atomic E-state index is 0.0755. The number of hydrogen-bond donors (Lipinski definition) is 1. The van der Waals surface area contributed by atoms with Gasteiger partial charge in [-0.3, -0.25) is 9.36 Å². The first kappa shape index (κ1) is 18.7. The van der Waals surface area contributed by atoms with E-state index in [9.17, 15) is 4.79 Å². The molecule has 0 radical (unpaired) electrons. The molecule has 26 heavy (non-hydrogen) atoms. The monoisotopic (exact) mass is 430 g/mol. The Labute approximate surface area is 165 Å². The summed E-state index contributed by atoms with van der Waals surface area (Å²) in [6.07, 6.45) is 0. The highest BCUT2D eigenvalue weighted by atomic mass is 79.9. The molecule has 0 saturated carbocycles. The second kappa shape index (κ2) is 8.05. The van der Waals surface area contributed by atoms with Crippen molar-refractivity contribution in [1.29, 1.82) is 0 Å². The number of aryl methyl sites for hydroxylation is 2. The lowest BCUT2D eigenvalue weighted by Crippen LogP contribution is -2.22. The molecule has 1 heterocycles. The molecule has 1 atom stereocenters. The van der Waals surface area contributed by atoms with E-state index in [1.54, 1.807) is 0 Å². The van der Waals surface area contributed by atoms with Crippen LogP contribution in [0.2, 0.25) is 0 Å². The third kappa shape index (κ3) is 4.34. The molecule has 0 aliphatic heterocycles. The van der Waals surface area contributed by atoms with Crippen molar-refractivity contribution < 1.29 is 4.79 Å². The topological polar surface area (TPSA) is 59.8 Å². The van der Waals surface area contributed by atoms with Gasteiger partial charge in [-0.25, -0.2) is 0 Å². The molecule has 1 N–H and O–H groups in total. The van der Waals surface area contributed by atoms with Crippen LogP contribution in [0.4, 0.5) is 5.69 Å². The van der Waals surface area contributed by atoms with E-state index in [2.05, 4.69) is 31.4 Å². The van der Waals surface area contributed by atoms with E-state index >= 15 is 0 Å². The van der Waals surface area contributed by atoms with Crippen LogP contribution in [0.3, 0.4) is 0 Å². The van der Waals surface area contributed by atoms with Gasteiger partial charge in [-0.15, -0.1) is 10.2 Å². The zero-order chi connectivity index (χ0) is 18.7. The number of benzene rings is 2. The Bertz CT molecular complexity index is 906. The van der Waals surface area contributed by atoms with Crippen LogP contribution < -0.4 is 5.32 Å². The van der Waals surface area contributed by atoms with Crippen molar-refractivity contribution in [2.75, 3.05) is 5.32 Å². The maximum atomic E-state index is 12.5. The number of halogens is 1. The van der Waals surface area contributed by atoms with Gasteiger partial charge in [-0.05, 0) is 57.2 Å². The van der Waals surface area contributed by atoms with E-state index in [1.165, 1.54) is 17.3 Å². The van der Waals surface area contributed by atoms with Gasteiger partial charge in [-0.2, -0.15) is 0 Å². The number of nitrogens with zero attached hydrogens (tertiary/aromatic N) is 3. The van der Waals surface area contributed by atoms with Crippen molar-refractivity contribution in [1.82, 2.24) is 14.8 Å². The molecule has 0 bridgehead atoms. The van der Waals surface area contributed by atoms with E-state index in [0.717, 1.165) is 21.7 Å². The van der Waals surface area contributed by atoms with Gasteiger partial charge in [0.25, 0.3) is 0 Å². The summed E-state index contributed by atoms with van der Waals surface area (Å²) in [6, 6.07) is 15.7. The molecule has 1 unspecified atom stereocenters. The second-order valence-electron chi connectivity index (χ2n) is 5.96. The van der Waals surface area contributed by atoms with Crippen LogP contribution >= 0.6 is 27.7 Å². The highest BCUT2D eigenvalue weighted by molar-refractivity contribution is 9.10. The summed E-state index contributed by atoms with van der Waals surface area (Å²) in [5.41, 5.74) is 2.94. The lowest BCUT2D eigenvalue weighted by atomic mass is 10.2. The normalized spacial score (nSPS) is 12.0. The molecular formula is C19H19BrN4OS. The van der Waals surface area contributed by atoms with E-state index in [4.69, 9.17) is 0 Å². The third-order valence-corrected chi connectivity index (χ3v) is 5.42. The number of carbonyl (C=O) groups excluding carboxylic acids is 1. The Morgan fingerprint density at radius 3 is 2.38 bits per heavy atom. The number of rotatable bonds is 5. The van der Waals surface area contributed by atoms with Crippen molar-refractivity contribution in [3.63, 3.8) is 0 Å². The van der Waals surface area contributed by atoms with E-state index in [0.29, 0.717) is 5.16 Å². The molecule has 1 amide bonds. The van der Waals surface area contributed by atoms with Crippen LogP contribution in [0.5, 0.6) is 0 Å². The zero-order valence-electron chi connectivity index (χ0n) is 14.7. The van der Waals surface area contributed by atoms with Crippen LogP contribution in [-0.2, 0) is 4.79 Å². The molecule has 0 fully saturated rings. The third-order valence-electron chi connectivity index (χ3n) is 3.85. The Morgan fingerprint density at radius 1 is 1.08 bits per heavy atom. The van der Waals surface area contributed by atoms with Crippen molar-refractivity contribution in [3.05, 3.63) is 64.4 Å². The average molecular weight is 431 g/mol. The summed E-state index contributed by atoms with van der Waals surface area (Å²) >= 11 is 4.78. The highest BCUT2D eigenvalue weighted by Gasteiger charge is 2.20. The highest BCUT2D eigenvalue weighted by Crippen LogP contribution is 2.26. The molecule has 3 aromatic rings. The summed E-state index contributed by atoms with van der Waals surface area (Å²) in [6.45, 7) is 5.82. The summed E-state index contributed by atoms with van der Waals surface area (Å²) in [5, 5.41) is 11.7. The van der Waals surface area contributed by atoms with Gasteiger partial charge in [0, 0.05) is 15.8 Å². The minimum atomic E-state index is -0.313. The Balaban J connectivity index is 1.75. The average Bonchev–Trinajstić information content (AvgIpc) is 2.98. The maximum Gasteiger partial charge on any atom is 0.237 e. The smallest absolute Gasteiger partial charge is 0.237 e. The lowest BCUT2D eigenvalue weighted by molar-refractivity contribution is -0.115. The Kier molecular flexibility index (Phi) is 5.78. The summed E-state index contributed by atoms with van der Waals surface area (Å²) in [4.78, 5) is 12.5. The first-order valence-corrected chi connectivity index (χ1v) is 9.83. The van der Waals surface area contributed by atoms with Crippen LogP contribution in [0.15, 0.2) is 58.2 Å². The largest absolute Gasteiger partial charge is 0.325 e. The number of nitrogens with one attached hydrogen (secondary N) is 1. The fourth-order valence-corrected chi connectivity index (χ4v) is 3.58. The predicted molar refractivity (Wildman–Crippen MR) is 109 cm³/mol. The standard InChI is InChI=1S/C19H19BrN4OS/c1-12-4-10-17(11-5-12)24-14(3)22-23-19(24)26-13(2)18(25)21-16-8-6-15(20)7-9-16/h4-11,13H,1-3H3,(H,21,25). The van der Waals surface area contributed by atoms with Crippen LogP contribution in [-0.4, -0.2) is 25.9 Å². The van der Waals surface area contributed by atoms with Crippen molar-refractivity contribution >= 4 is 39.3 Å². The minimum Gasteiger partial charge on any atom is -0.325 e. The van der Waals surface area contributed by atoms with Gasteiger partial charge in [0.15, 0.2) is 5.16 Å². The van der Waals surface area contributed by atoms with Gasteiger partial charge < -0.3 is 5.32 Å². The number of carbonyl (C=O) groups is 1. The van der Waals surface area contributed by atoms with Crippen LogP contribution in [0.25, 0.3) is 5.69 Å². The van der Waals surface area contributed by atoms with Crippen molar-refractivity contribution in [3.8, 4) is 5.69 Å². The van der Waals surface area contributed by atoms with Gasteiger partial charge in [0.05, 0.1) is 5.25 Å². The zero-order valence-corrected chi connectivity index (χ0v) is 17.1.